The summed E-state index contributed by atoms with van der Waals surface area (Å²) in [6.45, 7) is 6.34. The van der Waals surface area contributed by atoms with Crippen molar-refractivity contribution in [2.45, 2.75) is 25.8 Å². The van der Waals surface area contributed by atoms with E-state index in [-0.39, 0.29) is 30.6 Å². The Morgan fingerprint density at radius 2 is 1.77 bits per heavy atom. The number of nitrogens with zero attached hydrogens (tertiary/aromatic N) is 1. The molecule has 1 aromatic carbocycles. The van der Waals surface area contributed by atoms with Crippen LogP contribution in [0.2, 0.25) is 0 Å². The lowest BCUT2D eigenvalue weighted by atomic mass is 9.99. The average Bonchev–Trinajstić information content (AvgIpc) is 2.45. The maximum absolute atomic E-state index is 10.2. The molecule has 1 heterocycles. The van der Waals surface area contributed by atoms with Gasteiger partial charge < -0.3 is 10.4 Å². The first-order valence-electron chi connectivity index (χ1n) is 6.87. The van der Waals surface area contributed by atoms with Gasteiger partial charge in [-0.1, -0.05) is 29.3 Å². The molecule has 128 valence electrons. The Bertz CT molecular complexity index is 486. The van der Waals surface area contributed by atoms with Crippen LogP contribution in [0, 0.1) is 0 Å². The molecule has 0 aliphatic carbocycles. The fraction of sp³-hybridized carbons (Fsp3) is 0.571. The molecule has 2 N–H and O–H groups in total. The molecule has 1 aromatic rings. The van der Waals surface area contributed by atoms with Gasteiger partial charge in [-0.05, 0) is 44.3 Å². The van der Waals surface area contributed by atoms with Gasteiger partial charge >= 0.3 is 0 Å². The minimum atomic E-state index is 0. The molecule has 0 saturated carbocycles. The molecule has 0 spiro atoms. The minimum Gasteiger partial charge on any atom is -0.506 e. The van der Waals surface area contributed by atoms with Crippen LogP contribution < -0.4 is 5.32 Å². The van der Waals surface area contributed by atoms with Crippen molar-refractivity contribution < 1.29 is 5.11 Å². The van der Waals surface area contributed by atoms with E-state index in [1.165, 1.54) is 0 Å². The van der Waals surface area contributed by atoms with E-state index in [1.54, 1.807) is 0 Å². The van der Waals surface area contributed by atoms with Crippen LogP contribution >= 0.6 is 72.6 Å². The van der Waals surface area contributed by atoms with Crippen molar-refractivity contribution in [1.29, 1.82) is 0 Å². The molecular formula is C14H21Br3Cl2N2O. The van der Waals surface area contributed by atoms with Gasteiger partial charge in [0.1, 0.15) is 5.75 Å². The van der Waals surface area contributed by atoms with Gasteiger partial charge in [0.05, 0.1) is 8.95 Å². The van der Waals surface area contributed by atoms with Crippen LogP contribution in [0.15, 0.2) is 19.5 Å². The first-order valence-corrected chi connectivity index (χ1v) is 9.25. The van der Waals surface area contributed by atoms with E-state index in [0.717, 1.165) is 53.5 Å². The zero-order valence-electron chi connectivity index (χ0n) is 12.2. The highest BCUT2D eigenvalue weighted by molar-refractivity contribution is 9.11. The second kappa shape index (κ2) is 10.7. The normalized spacial score (nSPS) is 16.5. The zero-order valence-corrected chi connectivity index (χ0v) is 18.6. The Balaban J connectivity index is 0.00000220. The molecule has 1 saturated heterocycles. The summed E-state index contributed by atoms with van der Waals surface area (Å²) in [5, 5.41) is 13.6. The summed E-state index contributed by atoms with van der Waals surface area (Å²) in [7, 11) is 0. The molecule has 0 unspecified atom stereocenters. The number of nitrogens with one attached hydrogen (secondary N) is 1. The molecule has 22 heavy (non-hydrogen) atoms. The first kappa shape index (κ1) is 23.0. The van der Waals surface area contributed by atoms with Gasteiger partial charge in [-0.25, -0.2) is 0 Å². The number of phenols is 1. The van der Waals surface area contributed by atoms with Gasteiger partial charge in [0.2, 0.25) is 0 Å². The summed E-state index contributed by atoms with van der Waals surface area (Å²) >= 11 is 10.6. The van der Waals surface area contributed by atoms with Crippen molar-refractivity contribution in [1.82, 2.24) is 10.2 Å². The maximum Gasteiger partial charge on any atom is 0.144 e. The summed E-state index contributed by atoms with van der Waals surface area (Å²) in [5.41, 5.74) is 1.15. The Kier molecular flexibility index (Phi) is 11.2. The summed E-state index contributed by atoms with van der Waals surface area (Å²) in [6.07, 6.45) is 2.20. The number of piperazine rings is 1. The van der Waals surface area contributed by atoms with Crippen LogP contribution in [0.1, 0.15) is 31.4 Å². The molecular weight excluding hydrogens is 523 g/mol. The molecule has 2 rings (SSSR count). The number of rotatable bonds is 4. The van der Waals surface area contributed by atoms with Gasteiger partial charge in [0.15, 0.2) is 0 Å². The second-order valence-electron chi connectivity index (χ2n) is 5.01. The molecule has 3 nitrogen and oxygen atoms in total. The van der Waals surface area contributed by atoms with Gasteiger partial charge in [0.25, 0.3) is 0 Å². The number of benzene rings is 1. The number of hydrogen-bond donors (Lipinski definition) is 2. The van der Waals surface area contributed by atoms with E-state index >= 15 is 0 Å². The van der Waals surface area contributed by atoms with E-state index in [0.29, 0.717) is 10.5 Å². The average molecular weight is 544 g/mol. The molecule has 0 aromatic heterocycles. The maximum atomic E-state index is 10.2. The van der Waals surface area contributed by atoms with Gasteiger partial charge in [-0.15, -0.1) is 24.8 Å². The Morgan fingerprint density at radius 1 is 1.18 bits per heavy atom. The van der Waals surface area contributed by atoms with Crippen LogP contribution in [0.3, 0.4) is 0 Å². The molecule has 8 heteroatoms. The van der Waals surface area contributed by atoms with Crippen molar-refractivity contribution in [3.63, 3.8) is 0 Å². The smallest absolute Gasteiger partial charge is 0.144 e. The van der Waals surface area contributed by atoms with Gasteiger partial charge in [0, 0.05) is 42.3 Å². The zero-order chi connectivity index (χ0) is 14.7. The van der Waals surface area contributed by atoms with Crippen molar-refractivity contribution in [3.8, 4) is 5.75 Å². The third-order valence-electron chi connectivity index (χ3n) is 3.67. The molecule has 1 aliphatic rings. The molecule has 1 aliphatic heterocycles. The Labute approximate surface area is 169 Å². The van der Waals surface area contributed by atoms with Crippen molar-refractivity contribution >= 4 is 72.6 Å². The molecule has 0 radical (unpaired) electrons. The SMILES string of the molecule is CCC[C@@H](c1c(Br)cc(Br)c(O)c1Br)N1CCNCC1.Cl.Cl. The van der Waals surface area contributed by atoms with Crippen molar-refractivity contribution in [3.05, 3.63) is 25.0 Å². The largest absolute Gasteiger partial charge is 0.506 e. The van der Waals surface area contributed by atoms with E-state index in [4.69, 9.17) is 0 Å². The lowest BCUT2D eigenvalue weighted by Gasteiger charge is -2.36. The first-order chi connectivity index (χ1) is 9.56. The third kappa shape index (κ3) is 5.23. The Morgan fingerprint density at radius 3 is 2.32 bits per heavy atom. The predicted octanol–water partition coefficient (Wildman–Crippen LogP) is 5.27. The van der Waals surface area contributed by atoms with Crippen molar-refractivity contribution in [2.24, 2.45) is 0 Å². The quantitative estimate of drug-likeness (QED) is 0.543. The van der Waals surface area contributed by atoms with Crippen LogP contribution in [0.25, 0.3) is 0 Å². The monoisotopic (exact) mass is 540 g/mol. The number of halogens is 5. The van der Waals surface area contributed by atoms with E-state index < -0.39 is 0 Å². The topological polar surface area (TPSA) is 35.5 Å². The van der Waals surface area contributed by atoms with E-state index in [9.17, 15) is 5.11 Å². The van der Waals surface area contributed by atoms with Gasteiger partial charge in [-0.3, -0.25) is 4.90 Å². The summed E-state index contributed by atoms with van der Waals surface area (Å²) in [5.74, 6) is 0.277. The van der Waals surface area contributed by atoms with Crippen LogP contribution in [0.5, 0.6) is 5.75 Å². The predicted molar refractivity (Wildman–Crippen MR) is 108 cm³/mol. The van der Waals surface area contributed by atoms with Crippen LogP contribution in [0.4, 0.5) is 0 Å². The highest BCUT2D eigenvalue weighted by atomic mass is 79.9. The molecule has 1 fully saturated rings. The number of aromatic hydroxyl groups is 1. The molecule has 0 bridgehead atoms. The van der Waals surface area contributed by atoms with Gasteiger partial charge in [-0.2, -0.15) is 0 Å². The summed E-state index contributed by atoms with van der Waals surface area (Å²) < 4.78 is 2.53. The van der Waals surface area contributed by atoms with Crippen LogP contribution in [-0.2, 0) is 0 Å². The summed E-state index contributed by atoms with van der Waals surface area (Å²) in [4.78, 5) is 2.50. The third-order valence-corrected chi connectivity index (χ3v) is 5.73. The number of phenolic OH excluding ortho intramolecular Hbond substituents is 1. The highest BCUT2D eigenvalue weighted by Crippen LogP contribution is 2.44. The van der Waals surface area contributed by atoms with Crippen molar-refractivity contribution in [2.75, 3.05) is 26.2 Å². The van der Waals surface area contributed by atoms with E-state index in [1.807, 2.05) is 6.07 Å². The van der Waals surface area contributed by atoms with E-state index in [2.05, 4.69) is 64.9 Å². The fourth-order valence-electron chi connectivity index (χ4n) is 2.68. The number of hydrogen-bond acceptors (Lipinski definition) is 3. The molecule has 1 atom stereocenters. The fourth-order valence-corrected chi connectivity index (χ4v) is 5.33. The lowest BCUT2D eigenvalue weighted by Crippen LogP contribution is -2.45. The summed E-state index contributed by atoms with van der Waals surface area (Å²) in [6, 6.07) is 2.25. The molecule has 0 amide bonds. The lowest BCUT2D eigenvalue weighted by molar-refractivity contribution is 0.163. The Hall–Kier alpha value is 0.960. The minimum absolute atomic E-state index is 0. The second-order valence-corrected chi connectivity index (χ2v) is 7.51. The highest BCUT2D eigenvalue weighted by Gasteiger charge is 2.27. The standard InChI is InChI=1S/C14H19Br3N2O.2ClH/c1-2-3-11(19-6-4-18-5-7-19)12-9(15)8-10(16)14(20)13(12)17;;/h8,11,18,20H,2-7H2,1H3;2*1H/t11-;;/m0../s1. The van der Waals surface area contributed by atoms with Crippen LogP contribution in [-0.4, -0.2) is 36.2 Å².